The van der Waals surface area contributed by atoms with Gasteiger partial charge in [0.1, 0.15) is 12.1 Å². The SMILES string of the molecule is Fc1cc(N2CCN(c3ccc4nncn4n3)CC2)ccn1. The molecule has 1 aliphatic rings. The third-order valence-electron chi connectivity index (χ3n) is 3.83. The van der Waals surface area contributed by atoms with E-state index in [0.29, 0.717) is 0 Å². The van der Waals surface area contributed by atoms with Crippen LogP contribution in [0.15, 0.2) is 36.8 Å². The molecule has 4 heterocycles. The molecule has 1 fully saturated rings. The summed E-state index contributed by atoms with van der Waals surface area (Å²) in [7, 11) is 0. The molecule has 4 rings (SSSR count). The second-order valence-electron chi connectivity index (χ2n) is 5.14. The molecule has 0 N–H and O–H groups in total. The zero-order valence-corrected chi connectivity index (χ0v) is 11.8. The molecule has 0 aliphatic carbocycles. The number of aromatic nitrogens is 5. The topological polar surface area (TPSA) is 62.5 Å². The normalized spacial score (nSPS) is 15.5. The van der Waals surface area contributed by atoms with Crippen LogP contribution in [-0.2, 0) is 0 Å². The molecule has 0 spiro atoms. The molecule has 0 radical (unpaired) electrons. The highest BCUT2D eigenvalue weighted by atomic mass is 19.1. The Hall–Kier alpha value is -2.77. The lowest BCUT2D eigenvalue weighted by atomic mass is 10.2. The zero-order chi connectivity index (χ0) is 14.9. The van der Waals surface area contributed by atoms with Crippen molar-refractivity contribution < 1.29 is 4.39 Å². The van der Waals surface area contributed by atoms with Crippen molar-refractivity contribution in [3.63, 3.8) is 0 Å². The van der Waals surface area contributed by atoms with Crippen LogP contribution in [0.25, 0.3) is 5.65 Å². The van der Waals surface area contributed by atoms with Crippen LogP contribution >= 0.6 is 0 Å². The average Bonchev–Trinajstić information content (AvgIpc) is 3.02. The van der Waals surface area contributed by atoms with Gasteiger partial charge in [0.15, 0.2) is 5.65 Å². The minimum atomic E-state index is -0.445. The number of hydrogen-bond acceptors (Lipinski definition) is 6. The lowest BCUT2D eigenvalue weighted by molar-refractivity contribution is 0.580. The summed E-state index contributed by atoms with van der Waals surface area (Å²) in [6, 6.07) is 7.16. The molecule has 1 saturated heterocycles. The van der Waals surface area contributed by atoms with Gasteiger partial charge in [-0.15, -0.1) is 15.3 Å². The summed E-state index contributed by atoms with van der Waals surface area (Å²) in [5.41, 5.74) is 1.60. The van der Waals surface area contributed by atoms with Crippen LogP contribution < -0.4 is 9.80 Å². The van der Waals surface area contributed by atoms with Crippen LogP contribution in [0.2, 0.25) is 0 Å². The maximum atomic E-state index is 13.2. The molecular weight excluding hydrogens is 285 g/mol. The summed E-state index contributed by atoms with van der Waals surface area (Å²) >= 11 is 0. The van der Waals surface area contributed by atoms with Gasteiger partial charge in [-0.05, 0) is 18.2 Å². The first-order chi connectivity index (χ1) is 10.8. The standard InChI is InChI=1S/C14H14FN7/c15-12-9-11(3-4-16-12)20-5-7-21(8-6-20)14-2-1-13-18-17-10-22(13)19-14/h1-4,9-10H,5-8H2. The maximum absolute atomic E-state index is 13.2. The van der Waals surface area contributed by atoms with Crippen LogP contribution in [0.1, 0.15) is 0 Å². The van der Waals surface area contributed by atoms with Gasteiger partial charge in [0.25, 0.3) is 0 Å². The van der Waals surface area contributed by atoms with Gasteiger partial charge in [-0.25, -0.2) is 4.98 Å². The number of hydrogen-bond donors (Lipinski definition) is 0. The Morgan fingerprint density at radius 1 is 1.00 bits per heavy atom. The molecule has 0 unspecified atom stereocenters. The van der Waals surface area contributed by atoms with Gasteiger partial charge < -0.3 is 9.80 Å². The fraction of sp³-hybridized carbons (Fsp3) is 0.286. The van der Waals surface area contributed by atoms with Crippen molar-refractivity contribution in [1.29, 1.82) is 0 Å². The van der Waals surface area contributed by atoms with E-state index < -0.39 is 5.95 Å². The lowest BCUT2D eigenvalue weighted by Gasteiger charge is -2.36. The Bertz CT molecular complexity index is 794. The molecule has 3 aromatic heterocycles. The van der Waals surface area contributed by atoms with Crippen LogP contribution in [0, 0.1) is 5.95 Å². The van der Waals surface area contributed by atoms with Crippen LogP contribution in [-0.4, -0.2) is 51.0 Å². The highest BCUT2D eigenvalue weighted by Gasteiger charge is 2.19. The van der Waals surface area contributed by atoms with E-state index in [4.69, 9.17) is 0 Å². The fourth-order valence-electron chi connectivity index (χ4n) is 2.67. The minimum absolute atomic E-state index is 0.445. The number of rotatable bonds is 2. The lowest BCUT2D eigenvalue weighted by Crippen LogP contribution is -2.47. The van der Waals surface area contributed by atoms with Gasteiger partial charge >= 0.3 is 0 Å². The van der Waals surface area contributed by atoms with Gasteiger partial charge in [-0.1, -0.05) is 0 Å². The van der Waals surface area contributed by atoms with E-state index in [9.17, 15) is 4.39 Å². The molecule has 0 atom stereocenters. The predicted octanol–water partition coefficient (Wildman–Crippen LogP) is 0.985. The Labute approximate surface area is 126 Å². The number of nitrogens with zero attached hydrogens (tertiary/aromatic N) is 7. The van der Waals surface area contributed by atoms with Crippen molar-refractivity contribution in [1.82, 2.24) is 24.8 Å². The first kappa shape index (κ1) is 12.9. The molecule has 0 bridgehead atoms. The number of piperazine rings is 1. The minimum Gasteiger partial charge on any atom is -0.368 e. The molecule has 0 saturated carbocycles. The molecular formula is C14H14FN7. The van der Waals surface area contributed by atoms with Gasteiger partial charge in [-0.2, -0.15) is 8.91 Å². The Kier molecular flexibility index (Phi) is 3.06. The Morgan fingerprint density at radius 3 is 2.64 bits per heavy atom. The maximum Gasteiger partial charge on any atom is 0.214 e. The number of fused-ring (bicyclic) bond motifs is 1. The molecule has 112 valence electrons. The first-order valence-electron chi connectivity index (χ1n) is 7.08. The van der Waals surface area contributed by atoms with Crippen molar-refractivity contribution in [2.45, 2.75) is 0 Å². The van der Waals surface area contributed by atoms with E-state index in [2.05, 4.69) is 30.1 Å². The molecule has 8 heteroatoms. The van der Waals surface area contributed by atoms with Crippen LogP contribution in [0.4, 0.5) is 15.9 Å². The van der Waals surface area contributed by atoms with Crippen molar-refractivity contribution >= 4 is 17.2 Å². The average molecular weight is 299 g/mol. The van der Waals surface area contributed by atoms with Gasteiger partial charge in [-0.3, -0.25) is 0 Å². The van der Waals surface area contributed by atoms with Crippen molar-refractivity contribution in [3.8, 4) is 0 Å². The third kappa shape index (κ3) is 2.32. The molecule has 0 aromatic carbocycles. The number of halogens is 1. The third-order valence-corrected chi connectivity index (χ3v) is 3.83. The number of pyridine rings is 1. The monoisotopic (exact) mass is 299 g/mol. The van der Waals surface area contributed by atoms with Crippen LogP contribution in [0.5, 0.6) is 0 Å². The predicted molar refractivity (Wildman–Crippen MR) is 79.4 cm³/mol. The summed E-state index contributed by atoms with van der Waals surface area (Å²) < 4.78 is 14.9. The van der Waals surface area contributed by atoms with E-state index >= 15 is 0 Å². The van der Waals surface area contributed by atoms with E-state index in [-0.39, 0.29) is 0 Å². The van der Waals surface area contributed by atoms with Crippen molar-refractivity contribution in [2.75, 3.05) is 36.0 Å². The molecule has 3 aromatic rings. The fourth-order valence-corrected chi connectivity index (χ4v) is 2.67. The van der Waals surface area contributed by atoms with Gasteiger partial charge in [0, 0.05) is 44.1 Å². The Morgan fingerprint density at radius 2 is 1.82 bits per heavy atom. The second-order valence-corrected chi connectivity index (χ2v) is 5.14. The molecule has 0 amide bonds. The highest BCUT2D eigenvalue weighted by Crippen LogP contribution is 2.19. The summed E-state index contributed by atoms with van der Waals surface area (Å²) in [5, 5.41) is 12.3. The quantitative estimate of drug-likeness (QED) is 0.658. The first-order valence-corrected chi connectivity index (χ1v) is 7.08. The largest absolute Gasteiger partial charge is 0.368 e. The molecule has 22 heavy (non-hydrogen) atoms. The van der Waals surface area contributed by atoms with E-state index in [0.717, 1.165) is 43.3 Å². The van der Waals surface area contributed by atoms with Crippen LogP contribution in [0.3, 0.4) is 0 Å². The zero-order valence-electron chi connectivity index (χ0n) is 11.8. The summed E-state index contributed by atoms with van der Waals surface area (Å²) in [6.07, 6.45) is 3.09. The van der Waals surface area contributed by atoms with Gasteiger partial charge in [0.2, 0.25) is 5.95 Å². The van der Waals surface area contributed by atoms with E-state index in [1.54, 1.807) is 10.8 Å². The molecule has 1 aliphatic heterocycles. The van der Waals surface area contributed by atoms with Crippen molar-refractivity contribution in [2.24, 2.45) is 0 Å². The number of anilines is 2. The second kappa shape index (κ2) is 5.21. The van der Waals surface area contributed by atoms with Gasteiger partial charge in [0.05, 0.1) is 0 Å². The summed E-state index contributed by atoms with van der Waals surface area (Å²) in [5.74, 6) is 0.451. The summed E-state index contributed by atoms with van der Waals surface area (Å²) in [4.78, 5) is 7.95. The van der Waals surface area contributed by atoms with E-state index in [1.165, 1.54) is 12.3 Å². The highest BCUT2D eigenvalue weighted by molar-refractivity contribution is 5.49. The smallest absolute Gasteiger partial charge is 0.214 e. The Balaban J connectivity index is 1.49. The molecule has 7 nitrogen and oxygen atoms in total. The summed E-state index contributed by atoms with van der Waals surface area (Å²) in [6.45, 7) is 3.27. The van der Waals surface area contributed by atoms with Crippen molar-refractivity contribution in [3.05, 3.63) is 42.7 Å². The van der Waals surface area contributed by atoms with E-state index in [1.807, 2.05) is 18.2 Å².